The van der Waals surface area contributed by atoms with Gasteiger partial charge in [-0.15, -0.1) is 0 Å². The molecular weight excluding hydrogens is 420 g/mol. The molecule has 3 rings (SSSR count). The molecule has 31 heavy (non-hydrogen) atoms. The van der Waals surface area contributed by atoms with Gasteiger partial charge >= 0.3 is 5.97 Å². The van der Waals surface area contributed by atoms with Crippen molar-refractivity contribution in [3.05, 3.63) is 88.9 Å². The molecule has 0 heterocycles. The number of para-hydroxylation sites is 1. The smallest absolute Gasteiger partial charge is 0.343 e. The minimum absolute atomic E-state index is 0.215. The molecule has 1 amide bonds. The van der Waals surface area contributed by atoms with Crippen molar-refractivity contribution in [2.45, 2.75) is 0 Å². The number of esters is 1. The average molecular weight is 439 g/mol. The highest BCUT2D eigenvalue weighted by Crippen LogP contribution is 2.19. The van der Waals surface area contributed by atoms with Gasteiger partial charge in [0.05, 0.1) is 18.9 Å². The lowest BCUT2D eigenvalue weighted by Crippen LogP contribution is -2.24. The van der Waals surface area contributed by atoms with Crippen LogP contribution in [-0.2, 0) is 4.79 Å². The SMILES string of the molecule is COc1ccc(C(=O)Oc2ccccc2/C=N\NC(=O)COc2ccc(Cl)cc2)cc1. The number of hydrogen-bond donors (Lipinski definition) is 1. The maximum Gasteiger partial charge on any atom is 0.343 e. The van der Waals surface area contributed by atoms with Gasteiger partial charge in [-0.2, -0.15) is 5.10 Å². The molecule has 1 N–H and O–H groups in total. The number of nitrogens with one attached hydrogen (secondary N) is 1. The molecule has 8 heteroatoms. The third-order valence-electron chi connectivity index (χ3n) is 4.02. The van der Waals surface area contributed by atoms with Crippen molar-refractivity contribution in [3.8, 4) is 17.2 Å². The van der Waals surface area contributed by atoms with Gasteiger partial charge in [0.25, 0.3) is 5.91 Å². The van der Waals surface area contributed by atoms with Crippen LogP contribution in [-0.4, -0.2) is 31.8 Å². The van der Waals surface area contributed by atoms with Crippen molar-refractivity contribution < 1.29 is 23.8 Å². The second-order valence-corrected chi connectivity index (χ2v) is 6.63. The van der Waals surface area contributed by atoms with Crippen molar-refractivity contribution in [1.29, 1.82) is 0 Å². The first-order valence-corrected chi connectivity index (χ1v) is 9.58. The Morgan fingerprint density at radius 2 is 1.65 bits per heavy atom. The summed E-state index contributed by atoms with van der Waals surface area (Å²) in [5.74, 6) is 0.487. The minimum Gasteiger partial charge on any atom is -0.497 e. The highest BCUT2D eigenvalue weighted by atomic mass is 35.5. The third kappa shape index (κ3) is 6.58. The maximum absolute atomic E-state index is 12.4. The molecule has 0 aliphatic rings. The topological polar surface area (TPSA) is 86.2 Å². The summed E-state index contributed by atoms with van der Waals surface area (Å²) in [6.07, 6.45) is 1.39. The number of halogens is 1. The molecule has 158 valence electrons. The van der Waals surface area contributed by atoms with Crippen LogP contribution >= 0.6 is 11.6 Å². The molecule has 7 nitrogen and oxygen atoms in total. The number of carbonyl (C=O) groups excluding carboxylic acids is 2. The van der Waals surface area contributed by atoms with Crippen LogP contribution in [0.15, 0.2) is 77.9 Å². The number of methoxy groups -OCH3 is 1. The number of ether oxygens (including phenoxy) is 3. The molecule has 3 aromatic rings. The van der Waals surface area contributed by atoms with Crippen LogP contribution in [0.4, 0.5) is 0 Å². The van der Waals surface area contributed by atoms with Crippen molar-refractivity contribution in [1.82, 2.24) is 5.43 Å². The van der Waals surface area contributed by atoms with Crippen LogP contribution < -0.4 is 19.6 Å². The first kappa shape index (κ1) is 21.9. The summed E-state index contributed by atoms with van der Waals surface area (Å²) in [4.78, 5) is 24.3. The van der Waals surface area contributed by atoms with E-state index in [9.17, 15) is 9.59 Å². The van der Waals surface area contributed by atoms with E-state index < -0.39 is 11.9 Å². The number of rotatable bonds is 8. The molecule has 0 aliphatic carbocycles. The number of nitrogens with zero attached hydrogens (tertiary/aromatic N) is 1. The summed E-state index contributed by atoms with van der Waals surface area (Å²) in [5.41, 5.74) is 3.25. The Labute approximate surface area is 184 Å². The Bertz CT molecular complexity index is 1070. The molecule has 0 saturated carbocycles. The van der Waals surface area contributed by atoms with Crippen LogP contribution in [0, 0.1) is 0 Å². The Morgan fingerprint density at radius 3 is 2.35 bits per heavy atom. The number of hydrogen-bond acceptors (Lipinski definition) is 6. The van der Waals surface area contributed by atoms with Gasteiger partial charge in [-0.3, -0.25) is 4.79 Å². The first-order valence-electron chi connectivity index (χ1n) is 9.20. The molecule has 0 aliphatic heterocycles. The van der Waals surface area contributed by atoms with Crippen molar-refractivity contribution in [2.75, 3.05) is 13.7 Å². The summed E-state index contributed by atoms with van der Waals surface area (Å²) < 4.78 is 15.9. The van der Waals surface area contributed by atoms with Crippen molar-refractivity contribution in [3.63, 3.8) is 0 Å². The van der Waals surface area contributed by atoms with Crippen LogP contribution in [0.1, 0.15) is 15.9 Å². The number of hydrazone groups is 1. The van der Waals surface area contributed by atoms with Crippen molar-refractivity contribution >= 4 is 29.7 Å². The molecule has 0 atom stereocenters. The molecule has 0 aromatic heterocycles. The normalized spacial score (nSPS) is 10.5. The number of benzene rings is 3. The van der Waals surface area contributed by atoms with E-state index in [4.69, 9.17) is 25.8 Å². The molecule has 0 saturated heterocycles. The second-order valence-electron chi connectivity index (χ2n) is 6.19. The van der Waals surface area contributed by atoms with E-state index in [1.165, 1.54) is 6.21 Å². The van der Waals surface area contributed by atoms with E-state index in [0.29, 0.717) is 33.4 Å². The summed E-state index contributed by atoms with van der Waals surface area (Å²) >= 11 is 5.80. The Kier molecular flexibility index (Phi) is 7.61. The molecular formula is C23H19ClN2O5. The molecule has 0 spiro atoms. The van der Waals surface area contributed by atoms with Gasteiger partial charge in [0.15, 0.2) is 6.61 Å². The largest absolute Gasteiger partial charge is 0.497 e. The summed E-state index contributed by atoms with van der Waals surface area (Å²) in [6, 6.07) is 20.0. The summed E-state index contributed by atoms with van der Waals surface area (Å²) in [7, 11) is 1.55. The Hall–Kier alpha value is -3.84. The number of carbonyl (C=O) groups is 2. The van der Waals surface area contributed by atoms with E-state index in [1.54, 1.807) is 79.9 Å². The zero-order valence-electron chi connectivity index (χ0n) is 16.6. The third-order valence-corrected chi connectivity index (χ3v) is 4.28. The van der Waals surface area contributed by atoms with Crippen LogP contribution in [0.5, 0.6) is 17.2 Å². The maximum atomic E-state index is 12.4. The van der Waals surface area contributed by atoms with E-state index in [2.05, 4.69) is 10.5 Å². The van der Waals surface area contributed by atoms with Gasteiger partial charge < -0.3 is 14.2 Å². The van der Waals surface area contributed by atoms with E-state index in [-0.39, 0.29) is 6.61 Å². The zero-order valence-corrected chi connectivity index (χ0v) is 17.3. The lowest BCUT2D eigenvalue weighted by atomic mass is 10.2. The fraction of sp³-hybridized carbons (Fsp3) is 0.0870. The standard InChI is InChI=1S/C23H19ClN2O5/c1-29-19-10-6-16(7-11-19)23(28)31-21-5-3-2-4-17(21)14-25-26-22(27)15-30-20-12-8-18(24)9-13-20/h2-14H,15H2,1H3,(H,26,27)/b25-14-. The lowest BCUT2D eigenvalue weighted by molar-refractivity contribution is -0.123. The average Bonchev–Trinajstić information content (AvgIpc) is 2.80. The Balaban J connectivity index is 1.56. The van der Waals surface area contributed by atoms with Crippen LogP contribution in [0.2, 0.25) is 5.02 Å². The molecule has 0 unspecified atom stereocenters. The minimum atomic E-state index is -0.524. The summed E-state index contributed by atoms with van der Waals surface area (Å²) in [5, 5.41) is 4.47. The summed E-state index contributed by atoms with van der Waals surface area (Å²) in [6.45, 7) is -0.215. The first-order chi connectivity index (χ1) is 15.0. The zero-order chi connectivity index (χ0) is 22.1. The van der Waals surface area contributed by atoms with Gasteiger partial charge in [-0.25, -0.2) is 10.2 Å². The van der Waals surface area contributed by atoms with Crippen LogP contribution in [0.3, 0.4) is 0 Å². The predicted molar refractivity (Wildman–Crippen MR) is 117 cm³/mol. The van der Waals surface area contributed by atoms with Gasteiger partial charge in [-0.05, 0) is 60.7 Å². The quantitative estimate of drug-likeness (QED) is 0.248. The molecule has 3 aromatic carbocycles. The second kappa shape index (κ2) is 10.8. The van der Waals surface area contributed by atoms with Gasteiger partial charge in [0, 0.05) is 10.6 Å². The predicted octanol–water partition coefficient (Wildman–Crippen LogP) is 4.10. The lowest BCUT2D eigenvalue weighted by Gasteiger charge is -2.08. The van der Waals surface area contributed by atoms with Crippen molar-refractivity contribution in [2.24, 2.45) is 5.10 Å². The highest BCUT2D eigenvalue weighted by Gasteiger charge is 2.11. The highest BCUT2D eigenvalue weighted by molar-refractivity contribution is 6.30. The monoisotopic (exact) mass is 438 g/mol. The van der Waals surface area contributed by atoms with Gasteiger partial charge in [-0.1, -0.05) is 23.7 Å². The fourth-order valence-corrected chi connectivity index (χ4v) is 2.58. The fourth-order valence-electron chi connectivity index (χ4n) is 2.45. The van der Waals surface area contributed by atoms with Gasteiger partial charge in [0.1, 0.15) is 17.2 Å². The molecule has 0 bridgehead atoms. The van der Waals surface area contributed by atoms with Gasteiger partial charge in [0.2, 0.25) is 0 Å². The van der Waals surface area contributed by atoms with E-state index in [0.717, 1.165) is 0 Å². The Morgan fingerprint density at radius 1 is 0.968 bits per heavy atom. The molecule has 0 radical (unpaired) electrons. The molecule has 0 fully saturated rings. The van der Waals surface area contributed by atoms with E-state index in [1.807, 2.05) is 0 Å². The van der Waals surface area contributed by atoms with E-state index >= 15 is 0 Å². The number of amides is 1. The van der Waals surface area contributed by atoms with Crippen LogP contribution in [0.25, 0.3) is 0 Å².